The molecule has 1 fully saturated rings. The lowest BCUT2D eigenvalue weighted by molar-refractivity contribution is -0.383. The van der Waals surface area contributed by atoms with Crippen LogP contribution in [0.2, 0.25) is 0 Å². The average molecular weight is 524 g/mol. The molecule has 0 aliphatic carbocycles. The molecule has 1 heterocycles. The number of nitro benzene ring substituents is 1. The maximum absolute atomic E-state index is 13.1. The number of piperazine rings is 1. The zero-order chi connectivity index (χ0) is 26.4. The van der Waals surface area contributed by atoms with Gasteiger partial charge in [-0.3, -0.25) is 14.9 Å². The molecule has 0 atom stereocenters. The minimum absolute atomic E-state index is 0.000681. The van der Waals surface area contributed by atoms with E-state index >= 15 is 0 Å². The topological polar surface area (TPSA) is 125 Å². The Balaban J connectivity index is 1.41. The van der Waals surface area contributed by atoms with E-state index < -0.39 is 14.9 Å². The first-order chi connectivity index (χ1) is 17.7. The van der Waals surface area contributed by atoms with E-state index in [-0.39, 0.29) is 29.6 Å². The van der Waals surface area contributed by atoms with Crippen LogP contribution >= 0.6 is 0 Å². The third kappa shape index (κ3) is 6.43. The minimum atomic E-state index is -3.69. The number of nitrogens with one attached hydrogen (secondary N) is 2. The molecular weight excluding hydrogens is 494 g/mol. The molecule has 0 aromatic heterocycles. The fraction of sp³-hybridized carbons (Fsp3) is 0.269. The smallest absolute Gasteiger partial charge is 0.292 e. The predicted octanol–water partition coefficient (Wildman–Crippen LogP) is 3.72. The monoisotopic (exact) mass is 523 g/mol. The van der Waals surface area contributed by atoms with Gasteiger partial charge in [0.2, 0.25) is 15.9 Å². The Hall–Kier alpha value is -3.96. The van der Waals surface area contributed by atoms with Crippen molar-refractivity contribution in [1.29, 1.82) is 0 Å². The van der Waals surface area contributed by atoms with Crippen molar-refractivity contribution in [3.63, 3.8) is 0 Å². The van der Waals surface area contributed by atoms with Crippen molar-refractivity contribution >= 4 is 38.7 Å². The number of nitro groups is 1. The summed E-state index contributed by atoms with van der Waals surface area (Å²) in [6, 6.07) is 20.9. The van der Waals surface area contributed by atoms with E-state index in [4.69, 9.17) is 0 Å². The van der Waals surface area contributed by atoms with E-state index in [1.807, 2.05) is 35.2 Å². The Morgan fingerprint density at radius 3 is 2.27 bits per heavy atom. The Kier molecular flexibility index (Phi) is 8.04. The molecule has 1 amide bonds. The van der Waals surface area contributed by atoms with Crippen molar-refractivity contribution < 1.29 is 18.1 Å². The van der Waals surface area contributed by atoms with Gasteiger partial charge in [0.15, 0.2) is 0 Å². The second kappa shape index (κ2) is 11.4. The van der Waals surface area contributed by atoms with Crippen molar-refractivity contribution in [3.05, 3.63) is 88.5 Å². The SMILES string of the molecule is CC(=O)Nc1ccc(S(=O)(=O)N2CCN(c3ccc([N+](=O)[O-])c(NCCc4ccccc4)c3)CC2)cc1. The number of anilines is 3. The highest BCUT2D eigenvalue weighted by molar-refractivity contribution is 7.89. The van der Waals surface area contributed by atoms with Gasteiger partial charge in [0.1, 0.15) is 5.69 Å². The highest BCUT2D eigenvalue weighted by Crippen LogP contribution is 2.31. The molecule has 3 aromatic carbocycles. The van der Waals surface area contributed by atoms with Gasteiger partial charge < -0.3 is 15.5 Å². The average Bonchev–Trinajstić information content (AvgIpc) is 2.89. The number of rotatable bonds is 9. The first-order valence-corrected chi connectivity index (χ1v) is 13.4. The van der Waals surface area contributed by atoms with Crippen LogP contribution in [0.15, 0.2) is 77.7 Å². The molecule has 1 aliphatic heterocycles. The maximum Gasteiger partial charge on any atom is 0.292 e. The first-order valence-electron chi connectivity index (χ1n) is 11.9. The number of carbonyl (C=O) groups excluding carboxylic acids is 1. The summed E-state index contributed by atoms with van der Waals surface area (Å²) >= 11 is 0. The molecule has 0 unspecified atom stereocenters. The number of hydrogen-bond acceptors (Lipinski definition) is 7. The summed E-state index contributed by atoms with van der Waals surface area (Å²) in [5, 5.41) is 17.4. The summed E-state index contributed by atoms with van der Waals surface area (Å²) in [6.07, 6.45) is 0.727. The van der Waals surface area contributed by atoms with E-state index in [0.717, 1.165) is 17.7 Å². The molecule has 194 valence electrons. The van der Waals surface area contributed by atoms with Gasteiger partial charge in [0.25, 0.3) is 5.69 Å². The summed E-state index contributed by atoms with van der Waals surface area (Å²) in [4.78, 5) is 24.5. The zero-order valence-corrected chi connectivity index (χ0v) is 21.3. The number of sulfonamides is 1. The molecular formula is C26H29N5O5S. The molecule has 0 radical (unpaired) electrons. The van der Waals surface area contributed by atoms with Gasteiger partial charge in [-0.05, 0) is 48.4 Å². The van der Waals surface area contributed by atoms with Crippen LogP contribution in [0.25, 0.3) is 0 Å². The maximum atomic E-state index is 13.1. The number of benzene rings is 3. The Morgan fingerprint density at radius 1 is 0.973 bits per heavy atom. The van der Waals surface area contributed by atoms with Crippen LogP contribution < -0.4 is 15.5 Å². The molecule has 0 bridgehead atoms. The van der Waals surface area contributed by atoms with Crippen molar-refractivity contribution in [2.45, 2.75) is 18.2 Å². The Labute approximate surface area is 216 Å². The van der Waals surface area contributed by atoms with Gasteiger partial charge in [-0.1, -0.05) is 30.3 Å². The van der Waals surface area contributed by atoms with Crippen LogP contribution in [-0.4, -0.2) is 56.3 Å². The van der Waals surface area contributed by atoms with Gasteiger partial charge in [0.05, 0.1) is 9.82 Å². The van der Waals surface area contributed by atoms with Crippen LogP contribution in [0.1, 0.15) is 12.5 Å². The third-order valence-corrected chi connectivity index (χ3v) is 8.08. The normalized spacial score (nSPS) is 14.2. The molecule has 4 rings (SSSR count). The van der Waals surface area contributed by atoms with Gasteiger partial charge in [0, 0.05) is 57.1 Å². The molecule has 1 saturated heterocycles. The van der Waals surface area contributed by atoms with Gasteiger partial charge in [-0.25, -0.2) is 8.42 Å². The fourth-order valence-corrected chi connectivity index (χ4v) is 5.68. The van der Waals surface area contributed by atoms with E-state index in [1.54, 1.807) is 24.3 Å². The predicted molar refractivity (Wildman–Crippen MR) is 143 cm³/mol. The second-order valence-corrected chi connectivity index (χ2v) is 10.7. The van der Waals surface area contributed by atoms with Crippen molar-refractivity contribution in [2.75, 3.05) is 48.3 Å². The lowest BCUT2D eigenvalue weighted by Crippen LogP contribution is -2.48. The molecule has 0 spiro atoms. The van der Waals surface area contributed by atoms with Gasteiger partial charge in [-0.15, -0.1) is 0 Å². The Bertz CT molecular complexity index is 1360. The molecule has 11 heteroatoms. The zero-order valence-electron chi connectivity index (χ0n) is 20.5. The van der Waals surface area contributed by atoms with Crippen LogP contribution in [0.4, 0.5) is 22.7 Å². The third-order valence-electron chi connectivity index (χ3n) is 6.17. The first kappa shape index (κ1) is 26.1. The molecule has 0 saturated carbocycles. The molecule has 3 aromatic rings. The number of nitrogens with zero attached hydrogens (tertiary/aromatic N) is 3. The van der Waals surface area contributed by atoms with E-state index in [2.05, 4.69) is 10.6 Å². The van der Waals surface area contributed by atoms with Crippen LogP contribution in [0, 0.1) is 10.1 Å². The fourth-order valence-electron chi connectivity index (χ4n) is 4.26. The summed E-state index contributed by atoms with van der Waals surface area (Å²) in [6.45, 7) is 3.39. The van der Waals surface area contributed by atoms with Crippen LogP contribution in [0.3, 0.4) is 0 Å². The lowest BCUT2D eigenvalue weighted by Gasteiger charge is -2.35. The summed E-state index contributed by atoms with van der Waals surface area (Å²) in [5.41, 5.74) is 2.90. The highest BCUT2D eigenvalue weighted by Gasteiger charge is 2.29. The van der Waals surface area contributed by atoms with Crippen molar-refractivity contribution in [1.82, 2.24) is 4.31 Å². The van der Waals surface area contributed by atoms with E-state index in [1.165, 1.54) is 29.4 Å². The second-order valence-electron chi connectivity index (χ2n) is 8.72. The molecule has 10 nitrogen and oxygen atoms in total. The van der Waals surface area contributed by atoms with Crippen LogP contribution in [0.5, 0.6) is 0 Å². The molecule has 2 N–H and O–H groups in total. The van der Waals surface area contributed by atoms with Gasteiger partial charge >= 0.3 is 0 Å². The number of amides is 1. The summed E-state index contributed by atoms with van der Waals surface area (Å²) in [5.74, 6) is -0.229. The quantitative estimate of drug-likeness (QED) is 0.323. The van der Waals surface area contributed by atoms with E-state index in [9.17, 15) is 23.3 Å². The van der Waals surface area contributed by atoms with Crippen molar-refractivity contribution in [2.24, 2.45) is 0 Å². The standard InChI is InChI=1S/C26H29N5O5S/c1-20(32)28-22-7-10-24(11-8-22)37(35,36)30-17-15-29(16-18-30)23-9-12-26(31(33)34)25(19-23)27-14-13-21-5-3-2-4-6-21/h2-12,19,27H,13-18H2,1H3,(H,28,32). The minimum Gasteiger partial charge on any atom is -0.379 e. The Morgan fingerprint density at radius 2 is 1.65 bits per heavy atom. The molecule has 1 aliphatic rings. The summed E-state index contributed by atoms with van der Waals surface area (Å²) < 4.78 is 27.6. The largest absolute Gasteiger partial charge is 0.379 e. The van der Waals surface area contributed by atoms with Crippen molar-refractivity contribution in [3.8, 4) is 0 Å². The molecule has 37 heavy (non-hydrogen) atoms. The summed E-state index contributed by atoms with van der Waals surface area (Å²) in [7, 11) is -3.69. The highest BCUT2D eigenvalue weighted by atomic mass is 32.2. The lowest BCUT2D eigenvalue weighted by atomic mass is 10.1. The number of carbonyl (C=O) groups is 1. The van der Waals surface area contributed by atoms with Crippen LogP contribution in [-0.2, 0) is 21.2 Å². The number of hydrogen-bond donors (Lipinski definition) is 2. The van der Waals surface area contributed by atoms with E-state index in [0.29, 0.717) is 31.0 Å². The van der Waals surface area contributed by atoms with Gasteiger partial charge in [-0.2, -0.15) is 4.31 Å².